The Morgan fingerprint density at radius 1 is 0.931 bits per heavy atom. The van der Waals surface area contributed by atoms with E-state index in [0.29, 0.717) is 22.8 Å². The van der Waals surface area contributed by atoms with E-state index in [-0.39, 0.29) is 23.2 Å². The van der Waals surface area contributed by atoms with Crippen molar-refractivity contribution in [1.82, 2.24) is 14.5 Å². The second-order valence-electron chi connectivity index (χ2n) is 6.01. The molecule has 0 amide bonds. The molecule has 0 fully saturated rings. The minimum Gasteiger partial charge on any atom is -0.497 e. The highest BCUT2D eigenvalue weighted by molar-refractivity contribution is 7.89. The van der Waals surface area contributed by atoms with Gasteiger partial charge in [-0.05, 0) is 42.5 Å². The van der Waals surface area contributed by atoms with Crippen LogP contribution in [0.1, 0.15) is 5.89 Å². The molecule has 0 saturated carbocycles. The quantitative estimate of drug-likeness (QED) is 0.549. The van der Waals surface area contributed by atoms with E-state index in [4.69, 9.17) is 18.6 Å². The van der Waals surface area contributed by atoms with Gasteiger partial charge in [-0.15, -0.1) is 10.2 Å². The van der Waals surface area contributed by atoms with E-state index < -0.39 is 10.0 Å². The molecular weight excluding hydrogens is 398 g/mol. The van der Waals surface area contributed by atoms with Crippen molar-refractivity contribution in [3.8, 4) is 28.7 Å². The van der Waals surface area contributed by atoms with Crippen molar-refractivity contribution in [1.29, 1.82) is 0 Å². The van der Waals surface area contributed by atoms with E-state index in [9.17, 15) is 8.42 Å². The number of aromatic nitrogens is 2. The highest BCUT2D eigenvalue weighted by Gasteiger charge is 2.23. The molecule has 0 unspecified atom stereocenters. The second kappa shape index (κ2) is 8.50. The number of benzene rings is 2. The van der Waals surface area contributed by atoms with Gasteiger partial charge in [0.1, 0.15) is 5.75 Å². The zero-order valence-electron chi connectivity index (χ0n) is 16.4. The van der Waals surface area contributed by atoms with Crippen LogP contribution in [0, 0.1) is 0 Å². The molecule has 1 heterocycles. The molecule has 0 aliphatic carbocycles. The molecule has 2 aromatic carbocycles. The summed E-state index contributed by atoms with van der Waals surface area (Å²) in [5.41, 5.74) is 0.627. The highest BCUT2D eigenvalue weighted by Crippen LogP contribution is 2.32. The van der Waals surface area contributed by atoms with Gasteiger partial charge >= 0.3 is 0 Å². The molecular formula is C19H21N3O6S. The Bertz CT molecular complexity index is 1080. The average Bonchev–Trinajstić information content (AvgIpc) is 3.21. The lowest BCUT2D eigenvalue weighted by Gasteiger charge is -2.15. The summed E-state index contributed by atoms with van der Waals surface area (Å²) in [6.45, 7) is -0.0747. The first-order valence-electron chi connectivity index (χ1n) is 8.54. The number of hydrogen-bond donors (Lipinski definition) is 0. The molecule has 10 heteroatoms. The van der Waals surface area contributed by atoms with E-state index in [2.05, 4.69) is 10.2 Å². The first-order chi connectivity index (χ1) is 13.9. The predicted molar refractivity (Wildman–Crippen MR) is 104 cm³/mol. The fourth-order valence-electron chi connectivity index (χ4n) is 2.61. The molecule has 9 nitrogen and oxygen atoms in total. The van der Waals surface area contributed by atoms with Crippen molar-refractivity contribution in [3.05, 3.63) is 48.4 Å². The van der Waals surface area contributed by atoms with Gasteiger partial charge in [-0.25, -0.2) is 8.42 Å². The minimum absolute atomic E-state index is 0.0747. The largest absolute Gasteiger partial charge is 0.497 e. The molecule has 29 heavy (non-hydrogen) atoms. The van der Waals surface area contributed by atoms with E-state index in [1.807, 2.05) is 0 Å². The molecule has 3 rings (SSSR count). The van der Waals surface area contributed by atoms with Crippen molar-refractivity contribution in [3.63, 3.8) is 0 Å². The average molecular weight is 419 g/mol. The van der Waals surface area contributed by atoms with Crippen LogP contribution >= 0.6 is 0 Å². The Kier molecular flexibility index (Phi) is 6.04. The van der Waals surface area contributed by atoms with E-state index >= 15 is 0 Å². The number of sulfonamides is 1. The molecule has 1 aromatic heterocycles. The van der Waals surface area contributed by atoms with Crippen molar-refractivity contribution in [2.24, 2.45) is 0 Å². The van der Waals surface area contributed by atoms with E-state index in [1.54, 1.807) is 37.4 Å². The number of nitrogens with zero attached hydrogens (tertiary/aromatic N) is 3. The van der Waals surface area contributed by atoms with Gasteiger partial charge in [-0.1, -0.05) is 0 Å². The lowest BCUT2D eigenvalue weighted by Crippen LogP contribution is -2.26. The van der Waals surface area contributed by atoms with Gasteiger partial charge < -0.3 is 18.6 Å². The second-order valence-corrected chi connectivity index (χ2v) is 8.05. The number of rotatable bonds is 8. The van der Waals surface area contributed by atoms with Gasteiger partial charge in [0.05, 0.1) is 32.8 Å². The Labute approximate surface area is 168 Å². The van der Waals surface area contributed by atoms with Gasteiger partial charge in [0.2, 0.25) is 21.8 Å². The monoisotopic (exact) mass is 419 g/mol. The summed E-state index contributed by atoms with van der Waals surface area (Å²) in [4.78, 5) is 0.139. The van der Waals surface area contributed by atoms with Gasteiger partial charge in [0.25, 0.3) is 0 Å². The van der Waals surface area contributed by atoms with Gasteiger partial charge in [0.15, 0.2) is 11.5 Å². The Hall–Kier alpha value is -3.11. The molecule has 3 aromatic rings. The van der Waals surface area contributed by atoms with Crippen molar-refractivity contribution >= 4 is 10.0 Å². The molecule has 0 saturated heterocycles. The topological polar surface area (TPSA) is 104 Å². The molecule has 0 aliphatic rings. The van der Waals surface area contributed by atoms with Crippen LogP contribution in [0.5, 0.6) is 17.2 Å². The molecule has 0 aliphatic heterocycles. The van der Waals surface area contributed by atoms with Crippen LogP contribution in [0.25, 0.3) is 11.5 Å². The summed E-state index contributed by atoms with van der Waals surface area (Å²) in [6.07, 6.45) is 0. The van der Waals surface area contributed by atoms with Crippen LogP contribution in [-0.4, -0.2) is 51.3 Å². The van der Waals surface area contributed by atoms with Crippen molar-refractivity contribution < 1.29 is 27.0 Å². The molecule has 154 valence electrons. The Morgan fingerprint density at radius 3 is 2.24 bits per heavy atom. The van der Waals surface area contributed by atoms with Gasteiger partial charge in [-0.3, -0.25) is 0 Å². The van der Waals surface area contributed by atoms with Crippen LogP contribution < -0.4 is 14.2 Å². The Balaban J connectivity index is 1.78. The van der Waals surface area contributed by atoms with Crippen LogP contribution in [-0.2, 0) is 16.6 Å². The van der Waals surface area contributed by atoms with Crippen LogP contribution in [0.15, 0.2) is 51.8 Å². The van der Waals surface area contributed by atoms with Gasteiger partial charge in [0, 0.05) is 12.6 Å². The summed E-state index contributed by atoms with van der Waals surface area (Å²) in [5.74, 6) is 2.07. The Morgan fingerprint density at radius 2 is 1.62 bits per heavy atom. The molecule has 0 atom stereocenters. The molecule has 0 spiro atoms. The first kappa shape index (κ1) is 20.6. The van der Waals surface area contributed by atoms with Crippen LogP contribution in [0.4, 0.5) is 0 Å². The van der Waals surface area contributed by atoms with Crippen molar-refractivity contribution in [2.75, 3.05) is 28.4 Å². The number of hydrogen-bond acceptors (Lipinski definition) is 8. The summed E-state index contributed by atoms with van der Waals surface area (Å²) in [5, 5.41) is 7.95. The minimum atomic E-state index is -3.72. The third-order valence-electron chi connectivity index (χ3n) is 4.22. The summed E-state index contributed by atoms with van der Waals surface area (Å²) in [7, 11) is 2.31. The van der Waals surface area contributed by atoms with Crippen LogP contribution in [0.2, 0.25) is 0 Å². The third kappa shape index (κ3) is 4.33. The maximum absolute atomic E-state index is 12.7. The van der Waals surface area contributed by atoms with Gasteiger partial charge in [-0.2, -0.15) is 4.31 Å². The smallest absolute Gasteiger partial charge is 0.247 e. The maximum atomic E-state index is 12.7. The zero-order valence-corrected chi connectivity index (χ0v) is 17.3. The summed E-state index contributed by atoms with van der Waals surface area (Å²) in [6, 6.07) is 11.3. The number of ether oxygens (including phenoxy) is 3. The fourth-order valence-corrected chi connectivity index (χ4v) is 3.73. The lowest BCUT2D eigenvalue weighted by atomic mass is 10.2. The van der Waals surface area contributed by atoms with E-state index in [1.165, 1.54) is 33.4 Å². The predicted octanol–water partition coefficient (Wildman–Crippen LogP) is 2.58. The standard InChI is InChI=1S/C19H21N3O6S/c1-22(29(23,24)15-8-6-14(25-2)7-9-15)12-18-20-21-19(28-18)13-5-10-16(26-3)17(11-13)27-4/h5-11H,12H2,1-4H3. The lowest BCUT2D eigenvalue weighted by molar-refractivity contribution is 0.355. The SMILES string of the molecule is COc1ccc(S(=O)(=O)N(C)Cc2nnc(-c3ccc(OC)c(OC)c3)o2)cc1. The molecule has 0 bridgehead atoms. The maximum Gasteiger partial charge on any atom is 0.247 e. The van der Waals surface area contributed by atoms with E-state index in [0.717, 1.165) is 4.31 Å². The van der Waals surface area contributed by atoms with Crippen molar-refractivity contribution in [2.45, 2.75) is 11.4 Å². The highest BCUT2D eigenvalue weighted by atomic mass is 32.2. The summed E-state index contributed by atoms with van der Waals surface area (Å²) < 4.78 is 47.8. The fraction of sp³-hybridized carbons (Fsp3) is 0.263. The number of methoxy groups -OCH3 is 3. The summed E-state index contributed by atoms with van der Waals surface area (Å²) >= 11 is 0. The van der Waals surface area contributed by atoms with Crippen LogP contribution in [0.3, 0.4) is 0 Å². The first-order valence-corrected chi connectivity index (χ1v) is 9.98. The molecule has 0 radical (unpaired) electrons. The zero-order chi connectivity index (χ0) is 21.0. The molecule has 0 N–H and O–H groups in total. The third-order valence-corrected chi connectivity index (χ3v) is 6.04. The normalized spacial score (nSPS) is 11.5.